The number of allylic oxidation sites excluding steroid dienone is 1. The second-order valence-electron chi connectivity index (χ2n) is 1.66. The average Bonchev–Trinajstić information content (AvgIpc) is 2.38. The van der Waals surface area contributed by atoms with Gasteiger partial charge in [-0.2, -0.15) is 11.3 Å². The van der Waals surface area contributed by atoms with Crippen molar-refractivity contribution in [2.75, 3.05) is 0 Å². The van der Waals surface area contributed by atoms with Crippen LogP contribution in [0, 0.1) is 0 Å². The highest BCUT2D eigenvalue weighted by Crippen LogP contribution is 2.20. The number of hydrogen-bond donors (Lipinski definition) is 0. The van der Waals surface area contributed by atoms with E-state index in [2.05, 4.69) is 0 Å². The van der Waals surface area contributed by atoms with Crippen LogP contribution in [0.5, 0.6) is 0 Å². The van der Waals surface area contributed by atoms with Crippen LogP contribution in [0.3, 0.4) is 0 Å². The average molecular weight is 173 g/mol. The Morgan fingerprint density at radius 1 is 1.70 bits per heavy atom. The molecule has 0 radical (unpaired) electrons. The molecule has 0 bridgehead atoms. The van der Waals surface area contributed by atoms with Gasteiger partial charge in [-0.1, -0.05) is 11.6 Å². The molecule has 1 heterocycles. The fourth-order valence-electron chi connectivity index (χ4n) is 0.556. The van der Waals surface area contributed by atoms with Crippen molar-refractivity contribution in [3.63, 3.8) is 0 Å². The summed E-state index contributed by atoms with van der Waals surface area (Å²) in [5.41, 5.74) is 0.902. The van der Waals surface area contributed by atoms with E-state index in [0.717, 1.165) is 5.56 Å². The minimum Gasteiger partial charge on any atom is -0.299 e. The molecule has 0 saturated heterocycles. The summed E-state index contributed by atoms with van der Waals surface area (Å²) in [4.78, 5) is 9.95. The van der Waals surface area contributed by atoms with Crippen molar-refractivity contribution in [3.8, 4) is 0 Å². The number of halogens is 1. The zero-order chi connectivity index (χ0) is 7.40. The van der Waals surface area contributed by atoms with E-state index in [1.807, 2.05) is 16.8 Å². The van der Waals surface area contributed by atoms with Gasteiger partial charge in [0, 0.05) is 5.56 Å². The monoisotopic (exact) mass is 172 g/mol. The molecule has 0 aromatic carbocycles. The molecule has 10 heavy (non-hydrogen) atoms. The van der Waals surface area contributed by atoms with E-state index in [-0.39, 0.29) is 0 Å². The second-order valence-corrected chi connectivity index (χ2v) is 2.85. The van der Waals surface area contributed by atoms with Gasteiger partial charge in [0.1, 0.15) is 6.29 Å². The SMILES string of the molecule is O=C/C=C(\Cl)c1ccsc1. The molecule has 1 rings (SSSR count). The van der Waals surface area contributed by atoms with Crippen molar-refractivity contribution < 1.29 is 4.79 Å². The van der Waals surface area contributed by atoms with Gasteiger partial charge in [-0.25, -0.2) is 0 Å². The highest BCUT2D eigenvalue weighted by atomic mass is 35.5. The number of hydrogen-bond acceptors (Lipinski definition) is 2. The lowest BCUT2D eigenvalue weighted by Crippen LogP contribution is -1.69. The molecule has 0 spiro atoms. The first kappa shape index (κ1) is 7.51. The molecule has 0 atom stereocenters. The van der Waals surface area contributed by atoms with Gasteiger partial charge in [-0.15, -0.1) is 0 Å². The predicted molar refractivity (Wildman–Crippen MR) is 44.2 cm³/mol. The number of thiophene rings is 1. The van der Waals surface area contributed by atoms with Gasteiger partial charge in [-0.3, -0.25) is 4.79 Å². The van der Waals surface area contributed by atoms with Crippen molar-refractivity contribution in [2.45, 2.75) is 0 Å². The lowest BCUT2D eigenvalue weighted by atomic mass is 10.3. The van der Waals surface area contributed by atoms with Crippen LogP contribution in [0.4, 0.5) is 0 Å². The first-order valence-corrected chi connectivity index (χ1v) is 4.00. The van der Waals surface area contributed by atoms with Crippen molar-refractivity contribution >= 4 is 34.3 Å². The summed E-state index contributed by atoms with van der Waals surface area (Å²) in [7, 11) is 0. The van der Waals surface area contributed by atoms with E-state index in [9.17, 15) is 4.79 Å². The molecule has 0 aliphatic heterocycles. The Balaban J connectivity index is 2.86. The summed E-state index contributed by atoms with van der Waals surface area (Å²) in [6.45, 7) is 0. The molecular formula is C7H5ClOS. The minimum atomic E-state index is 0.497. The Bertz CT molecular complexity index is 238. The first-order valence-electron chi connectivity index (χ1n) is 2.68. The quantitative estimate of drug-likeness (QED) is 0.495. The van der Waals surface area contributed by atoms with Crippen molar-refractivity contribution in [3.05, 3.63) is 28.5 Å². The molecule has 3 heteroatoms. The third-order valence-electron chi connectivity index (χ3n) is 1.01. The lowest BCUT2D eigenvalue weighted by Gasteiger charge is -1.87. The van der Waals surface area contributed by atoms with E-state index >= 15 is 0 Å². The Labute approximate surface area is 67.9 Å². The molecule has 1 aromatic heterocycles. The number of carbonyl (C=O) groups excluding carboxylic acids is 1. The van der Waals surface area contributed by atoms with Crippen LogP contribution < -0.4 is 0 Å². The maximum Gasteiger partial charge on any atom is 0.144 e. The van der Waals surface area contributed by atoms with E-state index < -0.39 is 0 Å². The summed E-state index contributed by atoms with van der Waals surface area (Å²) in [6, 6.07) is 1.87. The zero-order valence-electron chi connectivity index (χ0n) is 5.08. The number of aldehydes is 1. The Hall–Kier alpha value is -0.600. The molecule has 0 saturated carbocycles. The summed E-state index contributed by atoms with van der Waals surface area (Å²) in [5, 5.41) is 4.30. The van der Waals surface area contributed by atoms with E-state index in [1.165, 1.54) is 6.08 Å². The lowest BCUT2D eigenvalue weighted by molar-refractivity contribution is -0.104. The van der Waals surface area contributed by atoms with Crippen LogP contribution in [0.25, 0.3) is 5.03 Å². The maximum absolute atomic E-state index is 9.95. The van der Waals surface area contributed by atoms with Gasteiger partial charge in [0.15, 0.2) is 0 Å². The van der Waals surface area contributed by atoms with E-state index in [1.54, 1.807) is 11.3 Å². The molecule has 0 fully saturated rings. The summed E-state index contributed by atoms with van der Waals surface area (Å²) in [5.74, 6) is 0. The largest absolute Gasteiger partial charge is 0.299 e. The maximum atomic E-state index is 9.95. The topological polar surface area (TPSA) is 17.1 Å². The van der Waals surface area contributed by atoms with Crippen LogP contribution in [0.2, 0.25) is 0 Å². The second kappa shape index (κ2) is 3.54. The Morgan fingerprint density at radius 2 is 2.50 bits per heavy atom. The predicted octanol–water partition coefficient (Wildman–Crippen LogP) is 2.53. The van der Waals surface area contributed by atoms with Gasteiger partial charge in [0.05, 0.1) is 5.03 Å². The summed E-state index contributed by atoms with van der Waals surface area (Å²) >= 11 is 7.24. The molecule has 0 aliphatic rings. The highest BCUT2D eigenvalue weighted by molar-refractivity contribution is 7.08. The van der Waals surface area contributed by atoms with Crippen molar-refractivity contribution in [1.29, 1.82) is 0 Å². The van der Waals surface area contributed by atoms with Gasteiger partial charge in [0.2, 0.25) is 0 Å². The smallest absolute Gasteiger partial charge is 0.144 e. The zero-order valence-corrected chi connectivity index (χ0v) is 6.65. The van der Waals surface area contributed by atoms with Gasteiger partial charge in [0.25, 0.3) is 0 Å². The highest BCUT2D eigenvalue weighted by Gasteiger charge is 1.94. The molecule has 0 amide bonds. The number of carbonyl (C=O) groups is 1. The summed E-state index contributed by atoms with van der Waals surface area (Å²) < 4.78 is 0. The summed E-state index contributed by atoms with van der Waals surface area (Å²) in [6.07, 6.45) is 2.02. The van der Waals surface area contributed by atoms with E-state index in [0.29, 0.717) is 11.3 Å². The Kier molecular flexibility index (Phi) is 2.66. The number of rotatable bonds is 2. The normalized spacial score (nSPS) is 11.5. The van der Waals surface area contributed by atoms with Crippen LogP contribution in [0.1, 0.15) is 5.56 Å². The van der Waals surface area contributed by atoms with Gasteiger partial charge >= 0.3 is 0 Å². The van der Waals surface area contributed by atoms with Crippen LogP contribution in [-0.4, -0.2) is 6.29 Å². The van der Waals surface area contributed by atoms with Gasteiger partial charge in [-0.05, 0) is 22.9 Å². The van der Waals surface area contributed by atoms with Crippen LogP contribution in [-0.2, 0) is 4.79 Å². The van der Waals surface area contributed by atoms with Crippen molar-refractivity contribution in [1.82, 2.24) is 0 Å². The standard InChI is InChI=1S/C7H5ClOS/c8-7(1-3-9)6-2-4-10-5-6/h1-5H/b7-1-. The fraction of sp³-hybridized carbons (Fsp3) is 0. The molecule has 0 aliphatic carbocycles. The first-order chi connectivity index (χ1) is 4.84. The van der Waals surface area contributed by atoms with Crippen LogP contribution >= 0.6 is 22.9 Å². The van der Waals surface area contributed by atoms with E-state index in [4.69, 9.17) is 11.6 Å². The molecule has 1 aromatic rings. The molecule has 52 valence electrons. The van der Waals surface area contributed by atoms with Crippen LogP contribution in [0.15, 0.2) is 22.9 Å². The Morgan fingerprint density at radius 3 is 3.00 bits per heavy atom. The third kappa shape index (κ3) is 1.69. The molecule has 0 unspecified atom stereocenters. The molecule has 0 N–H and O–H groups in total. The molecular weight excluding hydrogens is 168 g/mol. The van der Waals surface area contributed by atoms with Crippen molar-refractivity contribution in [2.24, 2.45) is 0 Å². The third-order valence-corrected chi connectivity index (χ3v) is 2.04. The minimum absolute atomic E-state index is 0.497. The molecule has 1 nitrogen and oxygen atoms in total. The fourth-order valence-corrected chi connectivity index (χ4v) is 1.45. The van der Waals surface area contributed by atoms with Gasteiger partial charge < -0.3 is 0 Å².